The molecule has 1 atom stereocenters. The van der Waals surface area contributed by atoms with Crippen LogP contribution < -0.4 is 0 Å². The van der Waals surface area contributed by atoms with Crippen LogP contribution in [-0.2, 0) is 14.3 Å². The molecule has 1 fully saturated rings. The molecule has 1 aliphatic rings. The van der Waals surface area contributed by atoms with Crippen molar-refractivity contribution in [3.05, 3.63) is 11.6 Å². The lowest BCUT2D eigenvalue weighted by atomic mass is 9.91. The zero-order valence-electron chi connectivity index (χ0n) is 12.2. The molecule has 3 nitrogen and oxygen atoms in total. The van der Waals surface area contributed by atoms with Gasteiger partial charge in [-0.3, -0.25) is 9.59 Å². The average Bonchev–Trinajstić information content (AvgIpc) is 2.71. The largest absolute Gasteiger partial charge is 0.393 e. The fourth-order valence-electron chi connectivity index (χ4n) is 2.44. The lowest BCUT2D eigenvalue weighted by molar-refractivity contribution is -0.152. The molecule has 108 valence electrons. The number of unbranched alkanes of at least 4 members (excludes halogenated alkanes) is 5. The first-order valence-electron chi connectivity index (χ1n) is 7.62. The molecule has 0 bridgehead atoms. The highest BCUT2D eigenvalue weighted by Crippen LogP contribution is 2.28. The number of hydrogen-bond acceptors (Lipinski definition) is 3. The summed E-state index contributed by atoms with van der Waals surface area (Å²) in [6, 6.07) is 0. The predicted octanol–water partition coefficient (Wildman–Crippen LogP) is 4.16. The molecule has 0 amide bonds. The molecule has 0 aromatic carbocycles. The van der Waals surface area contributed by atoms with E-state index >= 15 is 0 Å². The van der Waals surface area contributed by atoms with Gasteiger partial charge in [0.2, 0.25) is 0 Å². The van der Waals surface area contributed by atoms with Crippen molar-refractivity contribution in [2.45, 2.75) is 71.6 Å². The van der Waals surface area contributed by atoms with Crippen LogP contribution in [0.3, 0.4) is 0 Å². The highest BCUT2D eigenvalue weighted by molar-refractivity contribution is 5.96. The number of ether oxygens (including phenoxy) is 1. The molecule has 1 aliphatic heterocycles. The Morgan fingerprint density at radius 1 is 1.16 bits per heavy atom. The molecule has 0 radical (unpaired) electrons. The molecule has 0 aromatic heterocycles. The summed E-state index contributed by atoms with van der Waals surface area (Å²) in [5, 5.41) is 0. The summed E-state index contributed by atoms with van der Waals surface area (Å²) in [4.78, 5) is 22.9. The zero-order chi connectivity index (χ0) is 14.1. The topological polar surface area (TPSA) is 43.4 Å². The van der Waals surface area contributed by atoms with Crippen LogP contribution in [0, 0.1) is 5.92 Å². The first-order chi connectivity index (χ1) is 9.19. The molecule has 1 saturated heterocycles. The number of rotatable bonds is 9. The summed E-state index contributed by atoms with van der Waals surface area (Å²) < 4.78 is 4.67. The Morgan fingerprint density at radius 3 is 2.42 bits per heavy atom. The van der Waals surface area contributed by atoms with Crippen molar-refractivity contribution in [1.29, 1.82) is 0 Å². The first kappa shape index (κ1) is 15.9. The maximum absolute atomic E-state index is 11.7. The van der Waals surface area contributed by atoms with Crippen LogP contribution >= 0.6 is 0 Å². The number of carbonyl (C=O) groups excluding carboxylic acids is 2. The van der Waals surface area contributed by atoms with Crippen molar-refractivity contribution >= 4 is 11.9 Å². The van der Waals surface area contributed by atoms with E-state index < -0.39 is 0 Å². The van der Waals surface area contributed by atoms with Crippen molar-refractivity contribution in [2.75, 3.05) is 0 Å². The average molecular weight is 266 g/mol. The van der Waals surface area contributed by atoms with Crippen molar-refractivity contribution in [2.24, 2.45) is 5.92 Å². The predicted molar refractivity (Wildman–Crippen MR) is 75.6 cm³/mol. The first-order valence-corrected chi connectivity index (χ1v) is 7.62. The standard InChI is InChI=1S/C16H26O3/c1-3-5-7-9-11-13(10-8-6-4-2)14-12-15(17)19-16(14)18/h11,14H,3-10,12H2,1-2H3/b13-11+. The lowest BCUT2D eigenvalue weighted by Crippen LogP contribution is -2.11. The summed E-state index contributed by atoms with van der Waals surface area (Å²) in [5.41, 5.74) is 1.13. The van der Waals surface area contributed by atoms with Crippen LogP contribution in [0.25, 0.3) is 0 Å². The maximum atomic E-state index is 11.7. The second-order valence-electron chi connectivity index (χ2n) is 5.28. The van der Waals surface area contributed by atoms with Gasteiger partial charge in [0, 0.05) is 0 Å². The van der Waals surface area contributed by atoms with Crippen molar-refractivity contribution in [3.63, 3.8) is 0 Å². The molecule has 0 spiro atoms. The Labute approximate surface area is 116 Å². The maximum Gasteiger partial charge on any atom is 0.321 e. The van der Waals surface area contributed by atoms with Gasteiger partial charge in [0.25, 0.3) is 0 Å². The molecule has 0 saturated carbocycles. The smallest absolute Gasteiger partial charge is 0.321 e. The van der Waals surface area contributed by atoms with Gasteiger partial charge in [-0.2, -0.15) is 0 Å². The van der Waals surface area contributed by atoms with Crippen LogP contribution in [0.4, 0.5) is 0 Å². The summed E-state index contributed by atoms with van der Waals surface area (Å²) in [5.74, 6) is -1.01. The Balaban J connectivity index is 2.57. The summed E-state index contributed by atoms with van der Waals surface area (Å²) in [6.07, 6.45) is 11.3. The molecular formula is C16H26O3. The minimum Gasteiger partial charge on any atom is -0.393 e. The Morgan fingerprint density at radius 2 is 1.84 bits per heavy atom. The van der Waals surface area contributed by atoms with E-state index in [1.807, 2.05) is 0 Å². The van der Waals surface area contributed by atoms with Crippen LogP contribution in [0.1, 0.15) is 71.6 Å². The summed E-state index contributed by atoms with van der Waals surface area (Å²) >= 11 is 0. The minimum absolute atomic E-state index is 0.241. The Bertz CT molecular complexity index is 331. The van der Waals surface area contributed by atoms with Gasteiger partial charge >= 0.3 is 11.9 Å². The lowest BCUT2D eigenvalue weighted by Gasteiger charge is -2.11. The number of cyclic esters (lactones) is 2. The molecule has 1 unspecified atom stereocenters. The van der Waals surface area contributed by atoms with Crippen molar-refractivity contribution in [3.8, 4) is 0 Å². The van der Waals surface area contributed by atoms with Gasteiger partial charge in [0.1, 0.15) is 0 Å². The zero-order valence-corrected chi connectivity index (χ0v) is 12.2. The number of hydrogen-bond donors (Lipinski definition) is 0. The molecule has 1 rings (SSSR count). The van der Waals surface area contributed by atoms with E-state index in [1.54, 1.807) is 0 Å². The third-order valence-corrected chi connectivity index (χ3v) is 3.60. The summed E-state index contributed by atoms with van der Waals surface area (Å²) in [7, 11) is 0. The van der Waals surface area contributed by atoms with Gasteiger partial charge in [-0.1, -0.05) is 51.2 Å². The second kappa shape index (κ2) is 8.89. The van der Waals surface area contributed by atoms with E-state index in [4.69, 9.17) is 0 Å². The molecule has 0 N–H and O–H groups in total. The van der Waals surface area contributed by atoms with Gasteiger partial charge in [-0.15, -0.1) is 0 Å². The molecule has 19 heavy (non-hydrogen) atoms. The molecule has 3 heteroatoms. The van der Waals surface area contributed by atoms with E-state index in [2.05, 4.69) is 24.7 Å². The van der Waals surface area contributed by atoms with Crippen LogP contribution in [0.15, 0.2) is 11.6 Å². The van der Waals surface area contributed by atoms with Gasteiger partial charge in [-0.05, 0) is 25.7 Å². The van der Waals surface area contributed by atoms with Crippen molar-refractivity contribution < 1.29 is 14.3 Å². The van der Waals surface area contributed by atoms with Crippen LogP contribution in [-0.4, -0.2) is 11.9 Å². The monoisotopic (exact) mass is 266 g/mol. The normalized spacial score (nSPS) is 19.9. The van der Waals surface area contributed by atoms with Crippen LogP contribution in [0.5, 0.6) is 0 Å². The fourth-order valence-corrected chi connectivity index (χ4v) is 2.44. The number of allylic oxidation sites excluding steroid dienone is 1. The van der Waals surface area contributed by atoms with Gasteiger partial charge in [0.15, 0.2) is 0 Å². The molecule has 1 heterocycles. The number of carbonyl (C=O) groups is 2. The SMILES string of the molecule is CCCCC/C=C(\CCCCC)C1CC(=O)OC1=O. The Kier molecular flexibility index (Phi) is 7.46. The third kappa shape index (κ3) is 5.58. The quantitative estimate of drug-likeness (QED) is 0.272. The van der Waals surface area contributed by atoms with E-state index in [-0.39, 0.29) is 24.3 Å². The second-order valence-corrected chi connectivity index (χ2v) is 5.28. The van der Waals surface area contributed by atoms with Gasteiger partial charge in [-0.25, -0.2) is 0 Å². The summed E-state index contributed by atoms with van der Waals surface area (Å²) in [6.45, 7) is 4.34. The van der Waals surface area contributed by atoms with Crippen molar-refractivity contribution in [1.82, 2.24) is 0 Å². The van der Waals surface area contributed by atoms with E-state index in [0.29, 0.717) is 0 Å². The minimum atomic E-state index is -0.370. The van der Waals surface area contributed by atoms with E-state index in [0.717, 1.165) is 37.7 Å². The van der Waals surface area contributed by atoms with Gasteiger partial charge in [0.05, 0.1) is 12.3 Å². The highest BCUT2D eigenvalue weighted by atomic mass is 16.6. The molecule has 0 aliphatic carbocycles. The molecular weight excluding hydrogens is 240 g/mol. The van der Waals surface area contributed by atoms with Crippen LogP contribution in [0.2, 0.25) is 0 Å². The van der Waals surface area contributed by atoms with E-state index in [9.17, 15) is 9.59 Å². The number of esters is 2. The molecule has 0 aromatic rings. The Hall–Kier alpha value is -1.12. The fraction of sp³-hybridized carbons (Fsp3) is 0.750. The third-order valence-electron chi connectivity index (χ3n) is 3.60. The van der Waals surface area contributed by atoms with Gasteiger partial charge < -0.3 is 4.74 Å². The van der Waals surface area contributed by atoms with E-state index in [1.165, 1.54) is 19.3 Å². The highest BCUT2D eigenvalue weighted by Gasteiger charge is 2.35.